The van der Waals surface area contributed by atoms with E-state index in [0.717, 1.165) is 44.9 Å². The van der Waals surface area contributed by atoms with Crippen molar-refractivity contribution in [3.63, 3.8) is 0 Å². The molecular weight excluding hydrogens is 971 g/mol. The van der Waals surface area contributed by atoms with Gasteiger partial charge in [-0.2, -0.15) is 0 Å². The Kier molecular flexibility index (Phi) is 67.4. The molecule has 2 atom stereocenters. The number of ether oxygens (including phenoxy) is 1. The van der Waals surface area contributed by atoms with Gasteiger partial charge in [-0.25, -0.2) is 0 Å². The average Bonchev–Trinajstić information content (AvgIpc) is 3.45. The normalized spacial score (nSPS) is 12.6. The molecule has 3 N–H and O–H groups in total. The van der Waals surface area contributed by atoms with Gasteiger partial charge in [0.05, 0.1) is 25.4 Å². The third kappa shape index (κ3) is 65.4. The van der Waals surface area contributed by atoms with E-state index in [1.807, 2.05) is 0 Å². The summed E-state index contributed by atoms with van der Waals surface area (Å²) in [6.07, 6.45) is 86.5. The van der Waals surface area contributed by atoms with Gasteiger partial charge < -0.3 is 20.3 Å². The van der Waals surface area contributed by atoms with Crippen LogP contribution in [-0.4, -0.2) is 47.4 Å². The number of amides is 1. The minimum absolute atomic E-state index is 0.00646. The Hall–Kier alpha value is -1.66. The lowest BCUT2D eigenvalue weighted by atomic mass is 10.0. The van der Waals surface area contributed by atoms with Crippen LogP contribution in [0.25, 0.3) is 0 Å². The molecule has 0 heterocycles. The summed E-state index contributed by atoms with van der Waals surface area (Å²) >= 11 is 0. The minimum Gasteiger partial charge on any atom is -0.466 e. The Morgan fingerprint density at radius 1 is 0.342 bits per heavy atom. The van der Waals surface area contributed by atoms with Crippen molar-refractivity contribution in [2.45, 2.75) is 418 Å². The molecule has 0 saturated heterocycles. The van der Waals surface area contributed by atoms with E-state index >= 15 is 0 Å². The standard InChI is InChI=1S/C73H141NO5/c1-3-5-7-9-11-13-15-17-19-21-23-24-25-27-30-33-37-41-45-49-53-57-61-65-71(76)70(69-75)74-72(77)66-62-58-54-50-46-42-38-34-31-28-26-29-32-36-40-44-48-52-56-60-64-68-79-73(78)67-63-59-55-51-47-43-39-35-22-20-18-16-14-12-10-8-6-4-2/h20,22,28,31,70-71,75-76H,3-19,21,23-27,29-30,32-69H2,1-2H3,(H,74,77)/b22-20-,31-28-. The third-order valence-corrected chi connectivity index (χ3v) is 17.0. The highest BCUT2D eigenvalue weighted by molar-refractivity contribution is 5.76. The maximum Gasteiger partial charge on any atom is 0.305 e. The van der Waals surface area contributed by atoms with Crippen molar-refractivity contribution in [3.05, 3.63) is 24.3 Å². The van der Waals surface area contributed by atoms with Crippen molar-refractivity contribution in [1.29, 1.82) is 0 Å². The summed E-state index contributed by atoms with van der Waals surface area (Å²) in [5, 5.41) is 23.4. The van der Waals surface area contributed by atoms with Crippen LogP contribution >= 0.6 is 0 Å². The first-order chi connectivity index (χ1) is 39.0. The van der Waals surface area contributed by atoms with Gasteiger partial charge in [0.1, 0.15) is 0 Å². The molecule has 0 aromatic heterocycles. The summed E-state index contributed by atoms with van der Waals surface area (Å²) in [4.78, 5) is 24.7. The monoisotopic (exact) mass is 1110 g/mol. The van der Waals surface area contributed by atoms with Crippen LogP contribution in [0.5, 0.6) is 0 Å². The van der Waals surface area contributed by atoms with E-state index in [-0.39, 0.29) is 18.5 Å². The zero-order valence-electron chi connectivity index (χ0n) is 53.6. The number of allylic oxidation sites excluding steroid dienone is 4. The van der Waals surface area contributed by atoms with Crippen LogP contribution in [0.15, 0.2) is 24.3 Å². The largest absolute Gasteiger partial charge is 0.466 e. The van der Waals surface area contributed by atoms with E-state index < -0.39 is 12.1 Å². The molecule has 0 bridgehead atoms. The second-order valence-electron chi connectivity index (χ2n) is 24.9. The van der Waals surface area contributed by atoms with Gasteiger partial charge in [-0.3, -0.25) is 9.59 Å². The molecule has 1 amide bonds. The van der Waals surface area contributed by atoms with E-state index in [2.05, 4.69) is 43.5 Å². The number of hydrogen-bond acceptors (Lipinski definition) is 5. The predicted octanol–water partition coefficient (Wildman–Crippen LogP) is 23.3. The Labute approximate surface area is 494 Å². The Morgan fingerprint density at radius 2 is 0.595 bits per heavy atom. The van der Waals surface area contributed by atoms with Crippen molar-refractivity contribution in [1.82, 2.24) is 5.32 Å². The molecule has 6 nitrogen and oxygen atoms in total. The minimum atomic E-state index is -0.671. The maximum absolute atomic E-state index is 12.6. The van der Waals surface area contributed by atoms with E-state index in [4.69, 9.17) is 4.74 Å². The lowest BCUT2D eigenvalue weighted by Gasteiger charge is -2.22. The molecular formula is C73H141NO5. The molecule has 0 radical (unpaired) electrons. The molecule has 0 aromatic carbocycles. The number of carbonyl (C=O) groups excluding carboxylic acids is 2. The van der Waals surface area contributed by atoms with E-state index in [0.29, 0.717) is 25.9 Å². The molecule has 2 unspecified atom stereocenters. The van der Waals surface area contributed by atoms with Crippen molar-refractivity contribution >= 4 is 11.9 Å². The molecule has 0 aliphatic rings. The summed E-state index contributed by atoms with van der Waals surface area (Å²) < 4.78 is 5.50. The summed E-state index contributed by atoms with van der Waals surface area (Å²) in [6.45, 7) is 4.98. The molecule has 0 aliphatic heterocycles. The molecule has 468 valence electrons. The topological polar surface area (TPSA) is 95.9 Å². The zero-order valence-corrected chi connectivity index (χ0v) is 53.6. The van der Waals surface area contributed by atoms with E-state index in [9.17, 15) is 19.8 Å². The SMILES string of the molecule is CCCCCCCCC/C=C\CCCCCCCCCC(=O)OCCCCCCCCCCCC/C=C\CCCCCCCCCC(=O)NC(CO)C(O)CCCCCCCCCCCCCCCCCCCCCCCCC. The first-order valence-corrected chi connectivity index (χ1v) is 36.1. The van der Waals surface area contributed by atoms with Crippen LogP contribution in [0.2, 0.25) is 0 Å². The lowest BCUT2D eigenvalue weighted by Crippen LogP contribution is -2.45. The molecule has 0 aromatic rings. The average molecular weight is 1110 g/mol. The van der Waals surface area contributed by atoms with Gasteiger partial charge in [0.25, 0.3) is 0 Å². The van der Waals surface area contributed by atoms with Crippen LogP contribution in [0.3, 0.4) is 0 Å². The highest BCUT2D eigenvalue weighted by atomic mass is 16.5. The Morgan fingerprint density at radius 3 is 0.899 bits per heavy atom. The van der Waals surface area contributed by atoms with Crippen LogP contribution in [0.1, 0.15) is 406 Å². The number of nitrogens with one attached hydrogen (secondary N) is 1. The predicted molar refractivity (Wildman–Crippen MR) is 347 cm³/mol. The number of unbranched alkanes of at least 4 members (excludes halogenated alkanes) is 53. The third-order valence-electron chi connectivity index (χ3n) is 17.0. The van der Waals surface area contributed by atoms with Crippen molar-refractivity contribution < 1.29 is 24.5 Å². The Balaban J connectivity index is 3.41. The highest BCUT2D eigenvalue weighted by Crippen LogP contribution is 2.19. The van der Waals surface area contributed by atoms with Gasteiger partial charge in [-0.1, -0.05) is 340 Å². The van der Waals surface area contributed by atoms with Crippen molar-refractivity contribution in [3.8, 4) is 0 Å². The van der Waals surface area contributed by atoms with Gasteiger partial charge in [-0.15, -0.1) is 0 Å². The molecule has 0 rings (SSSR count). The van der Waals surface area contributed by atoms with Gasteiger partial charge in [0, 0.05) is 12.8 Å². The first kappa shape index (κ1) is 77.3. The van der Waals surface area contributed by atoms with E-state index in [1.54, 1.807) is 0 Å². The summed E-state index contributed by atoms with van der Waals surface area (Å²) in [5.41, 5.74) is 0. The van der Waals surface area contributed by atoms with Gasteiger partial charge in [0.2, 0.25) is 5.91 Å². The molecule has 0 fully saturated rings. The quantitative estimate of drug-likeness (QED) is 0.0320. The number of esters is 1. The first-order valence-electron chi connectivity index (χ1n) is 36.1. The van der Waals surface area contributed by atoms with Crippen molar-refractivity contribution in [2.24, 2.45) is 0 Å². The lowest BCUT2D eigenvalue weighted by molar-refractivity contribution is -0.143. The number of carbonyl (C=O) groups is 2. The summed E-state index contributed by atoms with van der Waals surface area (Å²) in [6, 6.07) is -0.549. The van der Waals surface area contributed by atoms with Gasteiger partial charge in [-0.05, 0) is 77.0 Å². The number of rotatable bonds is 68. The van der Waals surface area contributed by atoms with Crippen molar-refractivity contribution in [2.75, 3.05) is 13.2 Å². The van der Waals surface area contributed by atoms with Crippen LogP contribution in [0.4, 0.5) is 0 Å². The smallest absolute Gasteiger partial charge is 0.305 e. The van der Waals surface area contributed by atoms with E-state index in [1.165, 1.54) is 327 Å². The van der Waals surface area contributed by atoms with Crippen LogP contribution in [0, 0.1) is 0 Å². The molecule has 0 saturated carbocycles. The van der Waals surface area contributed by atoms with Gasteiger partial charge in [0.15, 0.2) is 0 Å². The zero-order chi connectivity index (χ0) is 57.1. The van der Waals surface area contributed by atoms with Gasteiger partial charge >= 0.3 is 5.97 Å². The molecule has 6 heteroatoms. The highest BCUT2D eigenvalue weighted by Gasteiger charge is 2.20. The summed E-state index contributed by atoms with van der Waals surface area (Å²) in [7, 11) is 0. The maximum atomic E-state index is 12.6. The molecule has 79 heavy (non-hydrogen) atoms. The van der Waals surface area contributed by atoms with Crippen LogP contribution in [-0.2, 0) is 14.3 Å². The molecule has 0 spiro atoms. The van der Waals surface area contributed by atoms with Crippen LogP contribution < -0.4 is 5.32 Å². The Bertz CT molecular complexity index is 1230. The summed E-state index contributed by atoms with van der Waals surface area (Å²) in [5.74, 6) is -0.0317. The second kappa shape index (κ2) is 68.8. The second-order valence-corrected chi connectivity index (χ2v) is 24.9. The fraction of sp³-hybridized carbons (Fsp3) is 0.918. The number of aliphatic hydroxyl groups excluding tert-OH is 2. The fourth-order valence-corrected chi connectivity index (χ4v) is 11.5. The fourth-order valence-electron chi connectivity index (χ4n) is 11.5. The molecule has 0 aliphatic carbocycles. The number of aliphatic hydroxyl groups is 2. The number of hydrogen-bond donors (Lipinski definition) is 3.